The summed E-state index contributed by atoms with van der Waals surface area (Å²) >= 11 is 3.32. The molecule has 0 aliphatic rings. The first kappa shape index (κ1) is 14.2. The Bertz CT molecular complexity index is 554. The van der Waals surface area contributed by atoms with Crippen LogP contribution < -0.4 is 5.32 Å². The maximum absolute atomic E-state index is 13.7. The molecule has 0 aliphatic carbocycles. The lowest BCUT2D eigenvalue weighted by Crippen LogP contribution is -2.18. The van der Waals surface area contributed by atoms with Crippen LogP contribution in [0.25, 0.3) is 11.3 Å². The Morgan fingerprint density at radius 3 is 2.95 bits per heavy atom. The van der Waals surface area contributed by atoms with Crippen molar-refractivity contribution in [3.8, 4) is 11.3 Å². The second kappa shape index (κ2) is 6.30. The van der Waals surface area contributed by atoms with Crippen LogP contribution in [-0.4, -0.2) is 11.5 Å². The van der Waals surface area contributed by atoms with Crippen molar-refractivity contribution in [3.63, 3.8) is 0 Å². The van der Waals surface area contributed by atoms with E-state index in [2.05, 4.69) is 40.1 Å². The first-order chi connectivity index (χ1) is 9.06. The Morgan fingerprint density at radius 2 is 2.21 bits per heavy atom. The molecular weight excluding hydrogens is 311 g/mol. The third kappa shape index (κ3) is 3.88. The van der Waals surface area contributed by atoms with Gasteiger partial charge in [0.25, 0.3) is 0 Å². The van der Waals surface area contributed by atoms with Crippen molar-refractivity contribution in [2.75, 3.05) is 6.54 Å². The summed E-state index contributed by atoms with van der Waals surface area (Å²) in [7, 11) is 0. The molecule has 1 aromatic carbocycles. The molecule has 0 aliphatic heterocycles. The van der Waals surface area contributed by atoms with E-state index in [1.54, 1.807) is 18.3 Å². The molecule has 0 amide bonds. The molecule has 2 rings (SSSR count). The zero-order valence-corrected chi connectivity index (χ0v) is 12.5. The van der Waals surface area contributed by atoms with Gasteiger partial charge in [-0.25, -0.2) is 9.37 Å². The van der Waals surface area contributed by atoms with Crippen molar-refractivity contribution in [2.45, 2.75) is 20.4 Å². The van der Waals surface area contributed by atoms with Gasteiger partial charge in [-0.1, -0.05) is 29.8 Å². The van der Waals surface area contributed by atoms with E-state index >= 15 is 0 Å². The minimum atomic E-state index is -0.318. The summed E-state index contributed by atoms with van der Waals surface area (Å²) in [5.74, 6) is 1.26. The normalized spacial score (nSPS) is 11.2. The molecule has 0 fully saturated rings. The van der Waals surface area contributed by atoms with E-state index in [-0.39, 0.29) is 5.82 Å². The van der Waals surface area contributed by atoms with Crippen molar-refractivity contribution >= 4 is 15.9 Å². The van der Waals surface area contributed by atoms with Crippen molar-refractivity contribution in [3.05, 3.63) is 40.6 Å². The molecule has 0 bridgehead atoms. The van der Waals surface area contributed by atoms with Crippen LogP contribution in [0.15, 0.2) is 33.3 Å². The summed E-state index contributed by atoms with van der Waals surface area (Å²) in [5, 5.41) is 3.23. The molecule has 2 aromatic rings. The summed E-state index contributed by atoms with van der Waals surface area (Å²) < 4.78 is 20.1. The van der Waals surface area contributed by atoms with Crippen molar-refractivity contribution in [1.82, 2.24) is 10.3 Å². The van der Waals surface area contributed by atoms with Crippen LogP contribution in [0, 0.1) is 11.7 Å². The Hall–Kier alpha value is -1.20. The lowest BCUT2D eigenvalue weighted by atomic mass is 10.2. The van der Waals surface area contributed by atoms with E-state index in [0.29, 0.717) is 29.7 Å². The molecule has 3 nitrogen and oxygen atoms in total. The van der Waals surface area contributed by atoms with Gasteiger partial charge in [-0.05, 0) is 30.7 Å². The van der Waals surface area contributed by atoms with Crippen molar-refractivity contribution in [1.29, 1.82) is 0 Å². The van der Waals surface area contributed by atoms with Gasteiger partial charge in [-0.3, -0.25) is 0 Å². The first-order valence-corrected chi connectivity index (χ1v) is 6.96. The minimum Gasteiger partial charge on any atom is -0.439 e. The summed E-state index contributed by atoms with van der Waals surface area (Å²) in [5.41, 5.74) is 0.414. The fraction of sp³-hybridized carbons (Fsp3) is 0.357. The molecule has 0 radical (unpaired) electrons. The second-order valence-electron chi connectivity index (χ2n) is 4.77. The molecule has 102 valence electrons. The predicted molar refractivity (Wildman–Crippen MR) is 76.1 cm³/mol. The maximum Gasteiger partial charge on any atom is 0.208 e. The van der Waals surface area contributed by atoms with Crippen LogP contribution >= 0.6 is 15.9 Å². The molecule has 1 heterocycles. The van der Waals surface area contributed by atoms with E-state index in [4.69, 9.17) is 4.42 Å². The lowest BCUT2D eigenvalue weighted by Gasteiger charge is -2.04. The molecule has 1 N–H and O–H groups in total. The standard InChI is InChI=1S/C14H16BrFN2O/c1-9(2)6-17-8-14-18-7-13(19-14)11-5-10(15)3-4-12(11)16/h3-5,7,9,17H,6,8H2,1-2H3. The fourth-order valence-corrected chi connectivity index (χ4v) is 2.03. The quantitative estimate of drug-likeness (QED) is 0.902. The molecule has 19 heavy (non-hydrogen) atoms. The van der Waals surface area contributed by atoms with Gasteiger partial charge in [0.15, 0.2) is 5.76 Å². The predicted octanol–water partition coefficient (Wildman–Crippen LogP) is 3.99. The summed E-state index contributed by atoms with van der Waals surface area (Å²) in [6.45, 7) is 5.70. The average Bonchev–Trinajstić information content (AvgIpc) is 2.80. The highest BCUT2D eigenvalue weighted by Gasteiger charge is 2.11. The summed E-state index contributed by atoms with van der Waals surface area (Å²) in [6.07, 6.45) is 1.55. The molecule has 0 saturated carbocycles. The largest absolute Gasteiger partial charge is 0.439 e. The Kier molecular flexibility index (Phi) is 4.71. The van der Waals surface area contributed by atoms with Crippen molar-refractivity contribution in [2.24, 2.45) is 5.92 Å². The number of halogens is 2. The van der Waals surface area contributed by atoms with Gasteiger partial charge < -0.3 is 9.73 Å². The zero-order valence-electron chi connectivity index (χ0n) is 10.9. The topological polar surface area (TPSA) is 38.1 Å². The molecular formula is C14H16BrFN2O. The Morgan fingerprint density at radius 1 is 1.42 bits per heavy atom. The SMILES string of the molecule is CC(C)CNCc1ncc(-c2cc(Br)ccc2F)o1. The highest BCUT2D eigenvalue weighted by molar-refractivity contribution is 9.10. The Balaban J connectivity index is 2.10. The molecule has 0 atom stereocenters. The second-order valence-corrected chi connectivity index (χ2v) is 5.68. The van der Waals surface area contributed by atoms with Gasteiger partial charge in [0, 0.05) is 4.47 Å². The number of oxazole rings is 1. The number of hydrogen-bond donors (Lipinski definition) is 1. The van der Waals surface area contributed by atoms with E-state index in [1.165, 1.54) is 6.07 Å². The third-order valence-electron chi connectivity index (χ3n) is 2.58. The minimum absolute atomic E-state index is 0.318. The summed E-state index contributed by atoms with van der Waals surface area (Å²) in [6, 6.07) is 4.74. The van der Waals surface area contributed by atoms with E-state index in [0.717, 1.165) is 11.0 Å². The zero-order chi connectivity index (χ0) is 13.8. The fourth-order valence-electron chi connectivity index (χ4n) is 1.67. The van der Waals surface area contributed by atoms with Crippen LogP contribution in [0.3, 0.4) is 0 Å². The van der Waals surface area contributed by atoms with Crippen LogP contribution in [0.1, 0.15) is 19.7 Å². The van der Waals surface area contributed by atoms with Crippen molar-refractivity contribution < 1.29 is 8.81 Å². The van der Waals surface area contributed by atoms with Gasteiger partial charge in [-0.2, -0.15) is 0 Å². The number of nitrogens with zero attached hydrogens (tertiary/aromatic N) is 1. The third-order valence-corrected chi connectivity index (χ3v) is 3.07. The highest BCUT2D eigenvalue weighted by atomic mass is 79.9. The smallest absolute Gasteiger partial charge is 0.208 e. The lowest BCUT2D eigenvalue weighted by molar-refractivity contribution is 0.457. The average molecular weight is 327 g/mol. The molecule has 1 aromatic heterocycles. The maximum atomic E-state index is 13.7. The highest BCUT2D eigenvalue weighted by Crippen LogP contribution is 2.26. The van der Waals surface area contributed by atoms with Crippen LogP contribution in [-0.2, 0) is 6.54 Å². The monoisotopic (exact) mass is 326 g/mol. The Labute approximate surface area is 120 Å². The van der Waals surface area contributed by atoms with E-state index in [9.17, 15) is 4.39 Å². The number of hydrogen-bond acceptors (Lipinski definition) is 3. The number of nitrogens with one attached hydrogen (secondary N) is 1. The molecule has 5 heteroatoms. The van der Waals surface area contributed by atoms with Gasteiger partial charge in [0.2, 0.25) is 5.89 Å². The van der Waals surface area contributed by atoms with Crippen LogP contribution in [0.2, 0.25) is 0 Å². The van der Waals surface area contributed by atoms with Gasteiger partial charge in [-0.15, -0.1) is 0 Å². The van der Waals surface area contributed by atoms with Gasteiger partial charge in [0.1, 0.15) is 5.82 Å². The first-order valence-electron chi connectivity index (χ1n) is 6.17. The van der Waals surface area contributed by atoms with E-state index < -0.39 is 0 Å². The molecule has 0 unspecified atom stereocenters. The van der Waals surface area contributed by atoms with Crippen LogP contribution in [0.5, 0.6) is 0 Å². The van der Waals surface area contributed by atoms with Gasteiger partial charge in [0.05, 0.1) is 18.3 Å². The molecule has 0 saturated heterocycles. The van der Waals surface area contributed by atoms with E-state index in [1.807, 2.05) is 0 Å². The number of aromatic nitrogens is 1. The van der Waals surface area contributed by atoms with Crippen LogP contribution in [0.4, 0.5) is 4.39 Å². The number of benzene rings is 1. The summed E-state index contributed by atoms with van der Waals surface area (Å²) in [4.78, 5) is 4.15. The molecule has 0 spiro atoms. The number of rotatable bonds is 5. The van der Waals surface area contributed by atoms with Gasteiger partial charge >= 0.3 is 0 Å².